The summed E-state index contributed by atoms with van der Waals surface area (Å²) in [6.45, 7) is 4.72. The van der Waals surface area contributed by atoms with Crippen molar-refractivity contribution in [2.24, 2.45) is 5.14 Å². The van der Waals surface area contributed by atoms with Gasteiger partial charge in [-0.3, -0.25) is 9.69 Å². The average Bonchev–Trinajstić information content (AvgIpc) is 2.48. The van der Waals surface area contributed by atoms with E-state index >= 15 is 0 Å². The van der Waals surface area contributed by atoms with Crippen molar-refractivity contribution in [1.82, 2.24) is 10.2 Å². The van der Waals surface area contributed by atoms with Crippen molar-refractivity contribution in [2.45, 2.75) is 17.9 Å². The number of halogens is 1. The normalized spacial score (nSPS) is 18.5. The number of rotatable bonds is 5. The summed E-state index contributed by atoms with van der Waals surface area (Å²) in [5.41, 5.74) is 0.284. The van der Waals surface area contributed by atoms with Crippen LogP contribution in [-0.4, -0.2) is 58.6 Å². The molecule has 1 saturated heterocycles. The fraction of sp³-hybridized carbons (Fsp3) is 0.500. The summed E-state index contributed by atoms with van der Waals surface area (Å²) in [6.07, 6.45) is 0. The molecule has 0 unspecified atom stereocenters. The minimum absolute atomic E-state index is 0. The zero-order chi connectivity index (χ0) is 17.0. The number of nitrogens with zero attached hydrogens (tertiary/aromatic N) is 1. The third-order valence-corrected chi connectivity index (χ3v) is 4.67. The Labute approximate surface area is 148 Å². The zero-order valence-corrected chi connectivity index (χ0v) is 15.2. The number of primary sulfonamides is 1. The number of sulfonamides is 1. The van der Waals surface area contributed by atoms with Crippen LogP contribution in [0, 0.1) is 0 Å². The highest BCUT2D eigenvalue weighted by molar-refractivity contribution is 7.89. The van der Waals surface area contributed by atoms with Crippen molar-refractivity contribution in [3.05, 3.63) is 18.2 Å². The van der Waals surface area contributed by atoms with Gasteiger partial charge in [0.15, 0.2) is 0 Å². The molecule has 2 rings (SSSR count). The lowest BCUT2D eigenvalue weighted by Gasteiger charge is -2.33. The Balaban J connectivity index is 0.00000288. The molecule has 0 radical (unpaired) electrons. The maximum Gasteiger partial charge on any atom is 0.238 e. The fourth-order valence-electron chi connectivity index (χ4n) is 2.45. The highest BCUT2D eigenvalue weighted by atomic mass is 35.5. The maximum atomic E-state index is 12.2. The van der Waals surface area contributed by atoms with Crippen LogP contribution in [0.5, 0.6) is 5.75 Å². The zero-order valence-electron chi connectivity index (χ0n) is 13.6. The number of carbonyl (C=O) groups is 1. The molecule has 1 heterocycles. The Kier molecular flexibility index (Phi) is 7.43. The quantitative estimate of drug-likeness (QED) is 0.664. The fourth-order valence-corrected chi connectivity index (χ4v) is 2.99. The van der Waals surface area contributed by atoms with E-state index in [2.05, 4.69) is 15.5 Å². The van der Waals surface area contributed by atoms with E-state index in [1.807, 2.05) is 6.92 Å². The summed E-state index contributed by atoms with van der Waals surface area (Å²) in [7, 11) is -2.40. The van der Waals surface area contributed by atoms with Crippen LogP contribution in [0.15, 0.2) is 23.1 Å². The number of amides is 1. The predicted octanol–water partition coefficient (Wildman–Crippen LogP) is -0.00340. The third kappa shape index (κ3) is 5.32. The molecule has 8 nitrogen and oxygen atoms in total. The standard InChI is InChI=1S/C14H22N4O4S.ClH/c1-10-8-16-5-6-18(10)9-14(19)17-12-7-11(23(15,20)21)3-4-13(12)22-2;/h3-4,7,10,16H,5-6,8-9H2,1-2H3,(H,17,19)(H2,15,20,21);1H/t10-;/m0./s1. The molecule has 0 aliphatic carbocycles. The molecular weight excluding hydrogens is 356 g/mol. The van der Waals surface area contributed by atoms with Crippen molar-refractivity contribution < 1.29 is 17.9 Å². The lowest BCUT2D eigenvalue weighted by Crippen LogP contribution is -2.52. The smallest absolute Gasteiger partial charge is 0.238 e. The molecule has 1 aliphatic rings. The number of benzene rings is 1. The largest absolute Gasteiger partial charge is 0.495 e. The van der Waals surface area contributed by atoms with Crippen LogP contribution < -0.4 is 20.5 Å². The first kappa shape index (κ1) is 20.7. The number of ether oxygens (including phenoxy) is 1. The van der Waals surface area contributed by atoms with Gasteiger partial charge >= 0.3 is 0 Å². The number of methoxy groups -OCH3 is 1. The second-order valence-corrected chi connectivity index (χ2v) is 7.04. The van der Waals surface area contributed by atoms with Crippen LogP contribution in [0.3, 0.4) is 0 Å². The Morgan fingerprint density at radius 2 is 2.21 bits per heavy atom. The summed E-state index contributed by atoms with van der Waals surface area (Å²) in [5, 5.41) is 11.1. The molecule has 0 aromatic heterocycles. The van der Waals surface area contributed by atoms with Crippen LogP contribution in [0.2, 0.25) is 0 Å². The summed E-state index contributed by atoms with van der Waals surface area (Å²) in [4.78, 5) is 14.2. The van der Waals surface area contributed by atoms with Gasteiger partial charge in [0.25, 0.3) is 0 Å². The van der Waals surface area contributed by atoms with Crippen LogP contribution in [0.1, 0.15) is 6.92 Å². The van der Waals surface area contributed by atoms with E-state index in [-0.39, 0.29) is 41.5 Å². The van der Waals surface area contributed by atoms with Gasteiger partial charge in [-0.05, 0) is 25.1 Å². The van der Waals surface area contributed by atoms with E-state index in [0.717, 1.165) is 19.6 Å². The molecule has 136 valence electrons. The number of piperazine rings is 1. The van der Waals surface area contributed by atoms with E-state index in [4.69, 9.17) is 9.88 Å². The Morgan fingerprint density at radius 1 is 1.50 bits per heavy atom. The number of nitrogens with one attached hydrogen (secondary N) is 2. The van der Waals surface area contributed by atoms with Crippen LogP contribution in [-0.2, 0) is 14.8 Å². The van der Waals surface area contributed by atoms with Gasteiger partial charge in [0, 0.05) is 25.7 Å². The second kappa shape index (κ2) is 8.63. The van der Waals surface area contributed by atoms with Gasteiger partial charge < -0.3 is 15.4 Å². The lowest BCUT2D eigenvalue weighted by atomic mass is 10.2. The van der Waals surface area contributed by atoms with Crippen LogP contribution in [0.4, 0.5) is 5.69 Å². The number of hydrogen-bond donors (Lipinski definition) is 3. The molecular formula is C14H23ClN4O4S. The second-order valence-electron chi connectivity index (χ2n) is 5.48. The highest BCUT2D eigenvalue weighted by Gasteiger charge is 2.21. The number of nitrogens with two attached hydrogens (primary N) is 1. The van der Waals surface area contributed by atoms with Gasteiger partial charge in [-0.15, -0.1) is 12.4 Å². The summed E-state index contributed by atoms with van der Waals surface area (Å²) >= 11 is 0. The summed E-state index contributed by atoms with van der Waals surface area (Å²) < 4.78 is 28.0. The first-order valence-corrected chi connectivity index (χ1v) is 8.81. The molecule has 1 aromatic carbocycles. The summed E-state index contributed by atoms with van der Waals surface area (Å²) in [6, 6.07) is 4.35. The molecule has 1 amide bonds. The highest BCUT2D eigenvalue weighted by Crippen LogP contribution is 2.27. The van der Waals surface area contributed by atoms with Crippen LogP contribution in [0.25, 0.3) is 0 Å². The van der Waals surface area contributed by atoms with Crippen LogP contribution >= 0.6 is 12.4 Å². The molecule has 24 heavy (non-hydrogen) atoms. The van der Waals surface area contributed by atoms with E-state index in [0.29, 0.717) is 5.75 Å². The first-order chi connectivity index (χ1) is 10.8. The van der Waals surface area contributed by atoms with Crippen molar-refractivity contribution in [3.63, 3.8) is 0 Å². The molecule has 1 atom stereocenters. The van der Waals surface area contributed by atoms with Crippen molar-refractivity contribution in [2.75, 3.05) is 38.6 Å². The Bertz CT molecular complexity index is 683. The molecule has 10 heteroatoms. The van der Waals surface area contributed by atoms with Gasteiger partial charge in [0.1, 0.15) is 5.75 Å². The lowest BCUT2D eigenvalue weighted by molar-refractivity contribution is -0.118. The average molecular weight is 379 g/mol. The predicted molar refractivity (Wildman–Crippen MR) is 94.1 cm³/mol. The molecule has 0 saturated carbocycles. The van der Waals surface area contributed by atoms with E-state index in [1.54, 1.807) is 0 Å². The van der Waals surface area contributed by atoms with Gasteiger partial charge in [-0.2, -0.15) is 0 Å². The van der Waals surface area contributed by atoms with Gasteiger partial charge in [0.05, 0.1) is 24.2 Å². The third-order valence-electron chi connectivity index (χ3n) is 3.76. The molecule has 0 spiro atoms. The van der Waals surface area contributed by atoms with E-state index in [9.17, 15) is 13.2 Å². The minimum Gasteiger partial charge on any atom is -0.495 e. The van der Waals surface area contributed by atoms with Crippen molar-refractivity contribution >= 4 is 34.0 Å². The van der Waals surface area contributed by atoms with E-state index in [1.165, 1.54) is 25.3 Å². The number of carbonyl (C=O) groups excluding carboxylic acids is 1. The number of hydrogen-bond acceptors (Lipinski definition) is 6. The topological polar surface area (TPSA) is 114 Å². The summed E-state index contributed by atoms with van der Waals surface area (Å²) in [5.74, 6) is 0.141. The first-order valence-electron chi connectivity index (χ1n) is 7.26. The number of anilines is 1. The van der Waals surface area contributed by atoms with Crippen molar-refractivity contribution in [3.8, 4) is 5.75 Å². The molecule has 1 aliphatic heterocycles. The van der Waals surface area contributed by atoms with Gasteiger partial charge in [0.2, 0.25) is 15.9 Å². The maximum absolute atomic E-state index is 12.2. The van der Waals surface area contributed by atoms with Gasteiger partial charge in [-0.25, -0.2) is 13.6 Å². The minimum atomic E-state index is -3.85. The molecule has 4 N–H and O–H groups in total. The SMILES string of the molecule is COc1ccc(S(N)(=O)=O)cc1NC(=O)CN1CCNC[C@@H]1C.Cl. The Morgan fingerprint density at radius 3 is 2.79 bits per heavy atom. The molecule has 1 fully saturated rings. The van der Waals surface area contributed by atoms with Crippen molar-refractivity contribution in [1.29, 1.82) is 0 Å². The molecule has 0 bridgehead atoms. The van der Waals surface area contributed by atoms with E-state index < -0.39 is 10.0 Å². The van der Waals surface area contributed by atoms with Gasteiger partial charge in [-0.1, -0.05) is 0 Å². The Hall–Kier alpha value is -1.39. The molecule has 1 aromatic rings. The monoisotopic (exact) mass is 378 g/mol.